The minimum absolute atomic E-state index is 0.147. The fourth-order valence-corrected chi connectivity index (χ4v) is 3.92. The third-order valence-corrected chi connectivity index (χ3v) is 5.66. The van der Waals surface area contributed by atoms with Crippen LogP contribution in [0.2, 0.25) is 0 Å². The number of hydrogen-bond donors (Lipinski definition) is 1. The Hall–Kier alpha value is -3.72. The van der Waals surface area contributed by atoms with Crippen LogP contribution in [0.15, 0.2) is 91.0 Å². The highest BCUT2D eigenvalue weighted by Gasteiger charge is 2.09. The van der Waals surface area contributed by atoms with Gasteiger partial charge in [0.05, 0.1) is 0 Å². The summed E-state index contributed by atoms with van der Waals surface area (Å²) in [5.41, 5.74) is 4.74. The van der Waals surface area contributed by atoms with E-state index in [1.165, 1.54) is 16.7 Å². The molecule has 6 bridgehead atoms. The number of aryl methyl sites for hydroxylation is 4. The van der Waals surface area contributed by atoms with Gasteiger partial charge in [-0.25, -0.2) is 0 Å². The number of aromatic hydroxyl groups is 1. The standard InChI is InChI=1S/C28H24O3/c29-26-17-13-22-9-8-21-4-3-6-25(18-21)31-27-7-2-1-5-23(27)14-10-20-11-15-24(16-12-20)30-28(26)19-22/h1-7,11-13,15-19,29H,8-10,14H2. The lowest BCUT2D eigenvalue weighted by Gasteiger charge is -2.14. The van der Waals surface area contributed by atoms with E-state index in [9.17, 15) is 5.11 Å². The van der Waals surface area contributed by atoms with E-state index in [2.05, 4.69) is 36.4 Å². The number of phenolic OH excluding ortho intramolecular Hbond substituents is 1. The van der Waals surface area contributed by atoms with Crippen molar-refractivity contribution in [2.24, 2.45) is 0 Å². The van der Waals surface area contributed by atoms with Crippen LogP contribution in [0.4, 0.5) is 0 Å². The van der Waals surface area contributed by atoms with Crippen LogP contribution in [0.5, 0.6) is 28.7 Å². The summed E-state index contributed by atoms with van der Waals surface area (Å²) in [7, 11) is 0. The lowest BCUT2D eigenvalue weighted by atomic mass is 10.0. The first-order chi connectivity index (χ1) is 15.2. The first-order valence-corrected chi connectivity index (χ1v) is 10.7. The SMILES string of the molecule is Oc1ccc2cc1Oc1ccc(cc1)CCc1ccccc1Oc1cccc(c1)CC2. The molecule has 0 aliphatic carbocycles. The molecule has 0 fully saturated rings. The zero-order chi connectivity index (χ0) is 21.0. The molecule has 2 aliphatic rings. The number of ether oxygens (including phenoxy) is 2. The second-order valence-corrected chi connectivity index (χ2v) is 7.91. The Morgan fingerprint density at radius 2 is 1.23 bits per heavy atom. The molecule has 6 rings (SSSR count). The van der Waals surface area contributed by atoms with E-state index in [0.29, 0.717) is 11.5 Å². The summed E-state index contributed by atoms with van der Waals surface area (Å²) in [6, 6.07) is 30.1. The van der Waals surface area contributed by atoms with Crippen LogP contribution in [0.3, 0.4) is 0 Å². The first kappa shape index (κ1) is 19.3. The van der Waals surface area contributed by atoms with Gasteiger partial charge in [-0.1, -0.05) is 48.5 Å². The Morgan fingerprint density at radius 1 is 0.516 bits per heavy atom. The fraction of sp³-hybridized carbons (Fsp3) is 0.143. The number of phenols is 1. The van der Waals surface area contributed by atoms with Gasteiger partial charge in [0.25, 0.3) is 0 Å². The molecule has 0 atom stereocenters. The maximum atomic E-state index is 10.2. The Labute approximate surface area is 182 Å². The van der Waals surface area contributed by atoms with Crippen molar-refractivity contribution in [1.29, 1.82) is 0 Å². The summed E-state index contributed by atoms with van der Waals surface area (Å²) < 4.78 is 12.3. The van der Waals surface area contributed by atoms with Crippen molar-refractivity contribution in [3.05, 3.63) is 113 Å². The molecule has 31 heavy (non-hydrogen) atoms. The van der Waals surface area contributed by atoms with E-state index in [4.69, 9.17) is 9.47 Å². The van der Waals surface area contributed by atoms with Crippen LogP contribution in [0.1, 0.15) is 22.3 Å². The van der Waals surface area contributed by atoms with Gasteiger partial charge in [0.1, 0.15) is 17.2 Å². The third kappa shape index (κ3) is 4.56. The lowest BCUT2D eigenvalue weighted by molar-refractivity contribution is 0.410. The molecule has 0 radical (unpaired) electrons. The van der Waals surface area contributed by atoms with Crippen LogP contribution in [0, 0.1) is 0 Å². The quantitative estimate of drug-likeness (QED) is 0.345. The summed E-state index contributed by atoms with van der Waals surface area (Å²) in [6.07, 6.45) is 3.51. The van der Waals surface area contributed by atoms with E-state index in [1.807, 2.05) is 48.5 Å². The van der Waals surface area contributed by atoms with Crippen LogP contribution < -0.4 is 9.47 Å². The molecule has 1 N–H and O–H groups in total. The molecule has 0 aromatic heterocycles. The van der Waals surface area contributed by atoms with E-state index in [1.54, 1.807) is 6.07 Å². The highest BCUT2D eigenvalue weighted by molar-refractivity contribution is 5.46. The van der Waals surface area contributed by atoms with Crippen molar-refractivity contribution in [3.63, 3.8) is 0 Å². The zero-order valence-electron chi connectivity index (χ0n) is 17.3. The Balaban J connectivity index is 1.52. The number of benzene rings is 4. The van der Waals surface area contributed by atoms with Crippen LogP contribution >= 0.6 is 0 Å². The molecular formula is C28H24O3. The van der Waals surface area contributed by atoms with Crippen molar-refractivity contribution in [1.82, 2.24) is 0 Å². The molecule has 0 unspecified atom stereocenters. The molecule has 0 spiro atoms. The minimum atomic E-state index is 0.147. The Morgan fingerprint density at radius 3 is 2.10 bits per heavy atom. The monoisotopic (exact) mass is 408 g/mol. The van der Waals surface area contributed by atoms with Gasteiger partial charge in [-0.15, -0.1) is 0 Å². The fourth-order valence-electron chi connectivity index (χ4n) is 3.92. The van der Waals surface area contributed by atoms with Gasteiger partial charge >= 0.3 is 0 Å². The van der Waals surface area contributed by atoms with Crippen molar-refractivity contribution in [3.8, 4) is 28.7 Å². The molecule has 0 saturated heterocycles. The van der Waals surface area contributed by atoms with Crippen LogP contribution in [0.25, 0.3) is 0 Å². The number of rotatable bonds is 0. The summed E-state index contributed by atoms with van der Waals surface area (Å²) in [5, 5.41) is 10.2. The maximum absolute atomic E-state index is 10.2. The van der Waals surface area contributed by atoms with Gasteiger partial charge in [-0.2, -0.15) is 0 Å². The topological polar surface area (TPSA) is 38.7 Å². The molecule has 2 aliphatic heterocycles. The number of fused-ring (bicyclic) bond motifs is 4. The van der Waals surface area contributed by atoms with E-state index >= 15 is 0 Å². The molecule has 3 heteroatoms. The Kier molecular flexibility index (Phi) is 5.32. The molecular weight excluding hydrogens is 384 g/mol. The van der Waals surface area contributed by atoms with E-state index < -0.39 is 0 Å². The summed E-state index contributed by atoms with van der Waals surface area (Å²) >= 11 is 0. The normalized spacial score (nSPS) is 13.3. The zero-order valence-corrected chi connectivity index (χ0v) is 17.3. The molecule has 3 nitrogen and oxygen atoms in total. The van der Waals surface area contributed by atoms with Crippen LogP contribution in [-0.2, 0) is 25.7 Å². The number of para-hydroxylation sites is 1. The molecule has 0 saturated carbocycles. The summed E-state index contributed by atoms with van der Waals surface area (Å²) in [6.45, 7) is 0. The number of hydrogen-bond acceptors (Lipinski definition) is 3. The second kappa shape index (κ2) is 8.57. The van der Waals surface area contributed by atoms with Gasteiger partial charge in [0.2, 0.25) is 0 Å². The van der Waals surface area contributed by atoms with Gasteiger partial charge in [0, 0.05) is 0 Å². The highest BCUT2D eigenvalue weighted by Crippen LogP contribution is 2.33. The molecule has 4 aromatic rings. The average molecular weight is 408 g/mol. The van der Waals surface area contributed by atoms with Crippen molar-refractivity contribution in [2.75, 3.05) is 0 Å². The highest BCUT2D eigenvalue weighted by atomic mass is 16.5. The lowest BCUT2D eigenvalue weighted by Crippen LogP contribution is -1.97. The molecule has 4 aromatic carbocycles. The predicted molar refractivity (Wildman–Crippen MR) is 122 cm³/mol. The van der Waals surface area contributed by atoms with Gasteiger partial charge in [-0.3, -0.25) is 0 Å². The predicted octanol–water partition coefficient (Wildman–Crippen LogP) is 6.86. The second-order valence-electron chi connectivity index (χ2n) is 7.91. The molecule has 154 valence electrons. The summed E-state index contributed by atoms with van der Waals surface area (Å²) in [4.78, 5) is 0. The molecule has 2 heterocycles. The van der Waals surface area contributed by atoms with Gasteiger partial charge < -0.3 is 14.6 Å². The van der Waals surface area contributed by atoms with Gasteiger partial charge in [-0.05, 0) is 90.4 Å². The van der Waals surface area contributed by atoms with Crippen molar-refractivity contribution in [2.45, 2.75) is 25.7 Å². The van der Waals surface area contributed by atoms with E-state index in [0.717, 1.165) is 42.7 Å². The first-order valence-electron chi connectivity index (χ1n) is 10.7. The van der Waals surface area contributed by atoms with Crippen molar-refractivity contribution < 1.29 is 14.6 Å². The van der Waals surface area contributed by atoms with Crippen LogP contribution in [-0.4, -0.2) is 5.11 Å². The largest absolute Gasteiger partial charge is 0.504 e. The molecule has 0 amide bonds. The smallest absolute Gasteiger partial charge is 0.169 e. The third-order valence-electron chi connectivity index (χ3n) is 5.66. The van der Waals surface area contributed by atoms with Crippen molar-refractivity contribution >= 4 is 0 Å². The summed E-state index contributed by atoms with van der Waals surface area (Å²) in [5.74, 6) is 3.11. The maximum Gasteiger partial charge on any atom is 0.169 e. The van der Waals surface area contributed by atoms with E-state index in [-0.39, 0.29) is 5.75 Å². The van der Waals surface area contributed by atoms with Gasteiger partial charge in [0.15, 0.2) is 11.5 Å². The average Bonchev–Trinajstić information content (AvgIpc) is 2.80. The minimum Gasteiger partial charge on any atom is -0.504 e. The Bertz CT molecular complexity index is 1200.